The molecule has 2 aliphatic heterocycles. The lowest BCUT2D eigenvalue weighted by atomic mass is 9.97. The maximum Gasteiger partial charge on any atom is 0.226 e. The topological polar surface area (TPSA) is 44.8 Å². The SMILES string of the molecule is COc1ccc(N2CCN(C(=O)C3[C@H]4CNC[C@@H]34)CC2(C)C)cc1. The van der Waals surface area contributed by atoms with Gasteiger partial charge in [-0.15, -0.1) is 0 Å². The first-order valence-corrected chi connectivity index (χ1v) is 8.92. The Morgan fingerprint density at radius 1 is 1.17 bits per heavy atom. The average molecular weight is 329 g/mol. The van der Waals surface area contributed by atoms with Gasteiger partial charge in [-0.05, 0) is 63.0 Å². The van der Waals surface area contributed by atoms with Gasteiger partial charge in [-0.2, -0.15) is 0 Å². The molecule has 2 heterocycles. The van der Waals surface area contributed by atoms with Crippen molar-refractivity contribution in [2.45, 2.75) is 19.4 Å². The summed E-state index contributed by atoms with van der Waals surface area (Å²) in [6, 6.07) is 8.21. The van der Waals surface area contributed by atoms with Crippen LogP contribution in [0.1, 0.15) is 13.8 Å². The molecule has 1 aromatic rings. The number of hydrogen-bond donors (Lipinski definition) is 1. The van der Waals surface area contributed by atoms with E-state index in [-0.39, 0.29) is 11.5 Å². The smallest absolute Gasteiger partial charge is 0.226 e. The molecule has 0 aromatic heterocycles. The molecule has 130 valence electrons. The Bertz CT molecular complexity index is 618. The Labute approximate surface area is 144 Å². The molecular weight excluding hydrogens is 302 g/mol. The third-order valence-corrected chi connectivity index (χ3v) is 5.97. The maximum absolute atomic E-state index is 12.9. The van der Waals surface area contributed by atoms with Gasteiger partial charge < -0.3 is 19.9 Å². The van der Waals surface area contributed by atoms with Gasteiger partial charge in [0.1, 0.15) is 5.75 Å². The van der Waals surface area contributed by atoms with Crippen LogP contribution in [0.2, 0.25) is 0 Å². The van der Waals surface area contributed by atoms with Gasteiger partial charge in [0, 0.05) is 31.2 Å². The minimum absolute atomic E-state index is 0.0647. The number of methoxy groups -OCH3 is 1. The van der Waals surface area contributed by atoms with Gasteiger partial charge in [0.15, 0.2) is 0 Å². The third kappa shape index (κ3) is 2.55. The number of nitrogens with one attached hydrogen (secondary N) is 1. The van der Waals surface area contributed by atoms with Crippen LogP contribution in [-0.4, -0.2) is 56.2 Å². The molecule has 0 bridgehead atoms. The number of carbonyl (C=O) groups is 1. The first kappa shape index (κ1) is 15.8. The molecule has 24 heavy (non-hydrogen) atoms. The van der Waals surface area contributed by atoms with E-state index in [0.29, 0.717) is 17.7 Å². The largest absolute Gasteiger partial charge is 0.497 e. The Balaban J connectivity index is 1.44. The average Bonchev–Trinajstić information content (AvgIpc) is 3.05. The number of benzene rings is 1. The van der Waals surface area contributed by atoms with E-state index >= 15 is 0 Å². The van der Waals surface area contributed by atoms with Gasteiger partial charge in [-0.1, -0.05) is 0 Å². The predicted molar refractivity (Wildman–Crippen MR) is 94.3 cm³/mol. The van der Waals surface area contributed by atoms with Gasteiger partial charge in [0.05, 0.1) is 12.6 Å². The van der Waals surface area contributed by atoms with Crippen molar-refractivity contribution in [1.29, 1.82) is 0 Å². The highest BCUT2D eigenvalue weighted by Crippen LogP contribution is 2.50. The van der Waals surface area contributed by atoms with E-state index in [2.05, 4.69) is 41.1 Å². The first-order valence-electron chi connectivity index (χ1n) is 8.92. The van der Waals surface area contributed by atoms with Gasteiger partial charge in [0.2, 0.25) is 5.91 Å². The molecule has 5 nitrogen and oxygen atoms in total. The van der Waals surface area contributed by atoms with E-state index in [1.54, 1.807) is 7.11 Å². The second-order valence-electron chi connectivity index (χ2n) is 7.93. The quantitative estimate of drug-likeness (QED) is 0.915. The van der Waals surface area contributed by atoms with E-state index in [1.807, 2.05) is 12.1 Å². The molecule has 0 spiro atoms. The first-order chi connectivity index (χ1) is 11.5. The van der Waals surface area contributed by atoms with E-state index in [1.165, 1.54) is 5.69 Å². The van der Waals surface area contributed by atoms with E-state index in [0.717, 1.165) is 38.5 Å². The lowest BCUT2D eigenvalue weighted by Gasteiger charge is -2.48. The summed E-state index contributed by atoms with van der Waals surface area (Å²) in [7, 11) is 1.69. The number of piperidine rings is 1. The van der Waals surface area contributed by atoms with Crippen molar-refractivity contribution in [3.8, 4) is 5.75 Å². The summed E-state index contributed by atoms with van der Waals surface area (Å²) in [6.45, 7) is 8.99. The Kier molecular flexibility index (Phi) is 3.71. The van der Waals surface area contributed by atoms with Crippen LogP contribution < -0.4 is 15.0 Å². The summed E-state index contributed by atoms with van der Waals surface area (Å²) < 4.78 is 5.25. The zero-order valence-corrected chi connectivity index (χ0v) is 14.8. The number of amides is 1. The summed E-state index contributed by atoms with van der Waals surface area (Å²) in [6.07, 6.45) is 0. The van der Waals surface area contributed by atoms with Crippen molar-refractivity contribution in [3.63, 3.8) is 0 Å². The molecular formula is C19H27N3O2. The van der Waals surface area contributed by atoms with E-state index in [4.69, 9.17) is 4.74 Å². The molecule has 5 heteroatoms. The fourth-order valence-electron chi connectivity index (χ4n) is 4.58. The molecule has 1 aromatic carbocycles. The van der Waals surface area contributed by atoms with Gasteiger partial charge in [-0.3, -0.25) is 4.79 Å². The van der Waals surface area contributed by atoms with Crippen molar-refractivity contribution in [1.82, 2.24) is 10.2 Å². The van der Waals surface area contributed by atoms with Gasteiger partial charge >= 0.3 is 0 Å². The van der Waals surface area contributed by atoms with Crippen molar-refractivity contribution < 1.29 is 9.53 Å². The third-order valence-electron chi connectivity index (χ3n) is 5.97. The molecule has 1 N–H and O–H groups in total. The number of fused-ring (bicyclic) bond motifs is 1. The summed E-state index contributed by atoms with van der Waals surface area (Å²) >= 11 is 0. The van der Waals surface area contributed by atoms with Crippen LogP contribution in [-0.2, 0) is 4.79 Å². The molecule has 0 radical (unpaired) electrons. The lowest BCUT2D eigenvalue weighted by molar-refractivity contribution is -0.134. The minimum atomic E-state index is -0.0647. The zero-order chi connectivity index (χ0) is 16.9. The molecule has 1 saturated carbocycles. The maximum atomic E-state index is 12.9. The van der Waals surface area contributed by atoms with Crippen molar-refractivity contribution in [2.75, 3.05) is 44.7 Å². The molecule has 3 fully saturated rings. The molecule has 1 amide bonds. The Morgan fingerprint density at radius 2 is 1.83 bits per heavy atom. The molecule has 1 unspecified atom stereocenters. The van der Waals surface area contributed by atoms with Gasteiger partial charge in [0.25, 0.3) is 0 Å². The minimum Gasteiger partial charge on any atom is -0.497 e. The van der Waals surface area contributed by atoms with Crippen LogP contribution in [0, 0.1) is 17.8 Å². The van der Waals surface area contributed by atoms with Crippen LogP contribution in [0.5, 0.6) is 5.75 Å². The van der Waals surface area contributed by atoms with E-state index < -0.39 is 0 Å². The highest BCUT2D eigenvalue weighted by molar-refractivity contribution is 5.83. The van der Waals surface area contributed by atoms with Crippen molar-refractivity contribution >= 4 is 11.6 Å². The standard InChI is InChI=1S/C19H27N3O2/c1-19(2)12-21(18(23)17-15-10-20-11-16(15)17)8-9-22(19)13-4-6-14(24-3)7-5-13/h4-7,15-17,20H,8-12H2,1-3H3/t15-,16+,17?. The van der Waals surface area contributed by atoms with Crippen LogP contribution in [0.4, 0.5) is 5.69 Å². The summed E-state index contributed by atoms with van der Waals surface area (Å²) in [4.78, 5) is 17.4. The van der Waals surface area contributed by atoms with Crippen LogP contribution in [0.3, 0.4) is 0 Å². The number of piperazine rings is 1. The summed E-state index contributed by atoms with van der Waals surface area (Å²) in [5, 5.41) is 3.37. The highest BCUT2D eigenvalue weighted by Gasteiger charge is 2.58. The number of nitrogens with zero attached hydrogens (tertiary/aromatic N) is 2. The Morgan fingerprint density at radius 3 is 2.42 bits per heavy atom. The number of anilines is 1. The normalized spacial score (nSPS) is 30.9. The molecule has 3 atom stereocenters. The number of hydrogen-bond acceptors (Lipinski definition) is 4. The predicted octanol–water partition coefficient (Wildman–Crippen LogP) is 1.59. The highest BCUT2D eigenvalue weighted by atomic mass is 16.5. The second-order valence-corrected chi connectivity index (χ2v) is 7.93. The molecule has 2 saturated heterocycles. The van der Waals surface area contributed by atoms with Crippen LogP contribution in [0.25, 0.3) is 0 Å². The fourth-order valence-corrected chi connectivity index (χ4v) is 4.58. The lowest BCUT2D eigenvalue weighted by Crippen LogP contribution is -2.61. The van der Waals surface area contributed by atoms with Crippen LogP contribution in [0.15, 0.2) is 24.3 Å². The van der Waals surface area contributed by atoms with Gasteiger partial charge in [-0.25, -0.2) is 0 Å². The zero-order valence-electron chi connectivity index (χ0n) is 14.8. The second kappa shape index (κ2) is 5.66. The molecule has 3 aliphatic rings. The monoisotopic (exact) mass is 329 g/mol. The van der Waals surface area contributed by atoms with Crippen molar-refractivity contribution in [2.24, 2.45) is 17.8 Å². The summed E-state index contributed by atoms with van der Waals surface area (Å²) in [5.74, 6) is 2.74. The summed E-state index contributed by atoms with van der Waals surface area (Å²) in [5.41, 5.74) is 1.13. The number of ether oxygens (including phenoxy) is 1. The molecule has 1 aliphatic carbocycles. The Hall–Kier alpha value is -1.75. The number of rotatable bonds is 3. The van der Waals surface area contributed by atoms with E-state index in [9.17, 15) is 4.79 Å². The number of carbonyl (C=O) groups excluding carboxylic acids is 1. The van der Waals surface area contributed by atoms with Crippen molar-refractivity contribution in [3.05, 3.63) is 24.3 Å². The fraction of sp³-hybridized carbons (Fsp3) is 0.632. The molecule has 4 rings (SSSR count). The van der Waals surface area contributed by atoms with Crippen LogP contribution >= 0.6 is 0 Å².